The van der Waals surface area contributed by atoms with E-state index < -0.39 is 0 Å². The lowest BCUT2D eigenvalue weighted by Gasteiger charge is -2.21. The monoisotopic (exact) mass is 196 g/mol. The third kappa shape index (κ3) is 3.46. The molecule has 4 nitrogen and oxygen atoms in total. The number of aromatic nitrogens is 3. The number of hydrogen-bond donors (Lipinski definition) is 2. The highest BCUT2D eigenvalue weighted by molar-refractivity contribution is 4.91. The van der Waals surface area contributed by atoms with Gasteiger partial charge in [-0.1, -0.05) is 20.8 Å². The molecule has 1 aromatic rings. The molecule has 1 rings (SSSR count). The van der Waals surface area contributed by atoms with Crippen LogP contribution in [0.5, 0.6) is 0 Å². The van der Waals surface area contributed by atoms with Gasteiger partial charge in [0, 0.05) is 0 Å². The van der Waals surface area contributed by atoms with Crippen molar-refractivity contribution in [1.82, 2.24) is 20.5 Å². The van der Waals surface area contributed by atoms with Gasteiger partial charge in [0.15, 0.2) is 0 Å². The molecule has 1 heterocycles. The lowest BCUT2D eigenvalue weighted by molar-refractivity contribution is 0.334. The van der Waals surface area contributed by atoms with Crippen molar-refractivity contribution < 1.29 is 0 Å². The van der Waals surface area contributed by atoms with Crippen LogP contribution in [0.4, 0.5) is 0 Å². The molecule has 1 unspecified atom stereocenters. The SMILES string of the molecule is CNC(CCC(C)(C)C)c1ncn[nH]1. The van der Waals surface area contributed by atoms with Gasteiger partial charge in [-0.2, -0.15) is 5.10 Å². The van der Waals surface area contributed by atoms with Gasteiger partial charge in [0.25, 0.3) is 0 Å². The lowest BCUT2D eigenvalue weighted by Crippen LogP contribution is -2.20. The Bertz CT molecular complexity index is 248. The van der Waals surface area contributed by atoms with Crippen molar-refractivity contribution in [3.8, 4) is 0 Å². The predicted octanol–water partition coefficient (Wildman–Crippen LogP) is 1.89. The summed E-state index contributed by atoms with van der Waals surface area (Å²) in [6.45, 7) is 6.75. The van der Waals surface area contributed by atoms with Gasteiger partial charge in [0.1, 0.15) is 12.2 Å². The van der Waals surface area contributed by atoms with E-state index in [2.05, 4.69) is 41.3 Å². The van der Waals surface area contributed by atoms with Crippen LogP contribution in [0.15, 0.2) is 6.33 Å². The van der Waals surface area contributed by atoms with Gasteiger partial charge in [-0.25, -0.2) is 4.98 Å². The minimum Gasteiger partial charge on any atom is -0.310 e. The molecule has 0 spiro atoms. The Morgan fingerprint density at radius 1 is 1.50 bits per heavy atom. The zero-order valence-corrected chi connectivity index (χ0v) is 9.46. The van der Waals surface area contributed by atoms with Gasteiger partial charge in [-0.15, -0.1) is 0 Å². The van der Waals surface area contributed by atoms with E-state index in [1.54, 1.807) is 6.33 Å². The molecular formula is C10H20N4. The summed E-state index contributed by atoms with van der Waals surface area (Å²) >= 11 is 0. The van der Waals surface area contributed by atoms with Crippen LogP contribution in [-0.4, -0.2) is 22.2 Å². The molecule has 0 saturated carbocycles. The molecule has 0 bridgehead atoms. The number of nitrogens with zero attached hydrogens (tertiary/aromatic N) is 2. The quantitative estimate of drug-likeness (QED) is 0.773. The highest BCUT2D eigenvalue weighted by Crippen LogP contribution is 2.25. The summed E-state index contributed by atoms with van der Waals surface area (Å²) in [6, 6.07) is 0.289. The predicted molar refractivity (Wildman–Crippen MR) is 56.9 cm³/mol. The summed E-state index contributed by atoms with van der Waals surface area (Å²) in [5, 5.41) is 10.0. The molecular weight excluding hydrogens is 176 g/mol. The van der Waals surface area contributed by atoms with Crippen LogP contribution < -0.4 is 5.32 Å². The molecule has 80 valence electrons. The molecule has 1 aromatic heterocycles. The van der Waals surface area contributed by atoms with Gasteiger partial charge in [0.2, 0.25) is 0 Å². The fourth-order valence-electron chi connectivity index (χ4n) is 1.38. The molecule has 0 aliphatic heterocycles. The minimum atomic E-state index is 0.289. The zero-order chi connectivity index (χ0) is 10.6. The second-order valence-electron chi connectivity index (χ2n) is 4.81. The smallest absolute Gasteiger partial charge is 0.141 e. The van der Waals surface area contributed by atoms with Crippen LogP contribution in [0, 0.1) is 5.41 Å². The van der Waals surface area contributed by atoms with Crippen LogP contribution in [0.3, 0.4) is 0 Å². The highest BCUT2D eigenvalue weighted by atomic mass is 15.2. The van der Waals surface area contributed by atoms with Crippen molar-refractivity contribution in [2.45, 2.75) is 39.7 Å². The number of rotatable bonds is 4. The highest BCUT2D eigenvalue weighted by Gasteiger charge is 2.16. The second-order valence-corrected chi connectivity index (χ2v) is 4.81. The van der Waals surface area contributed by atoms with Crippen molar-refractivity contribution in [3.05, 3.63) is 12.2 Å². The number of nitrogens with one attached hydrogen (secondary N) is 2. The standard InChI is InChI=1S/C10H20N4/c1-10(2,3)6-5-8(11-4)9-12-7-13-14-9/h7-8,11H,5-6H2,1-4H3,(H,12,13,14). The van der Waals surface area contributed by atoms with Gasteiger partial charge in [0.05, 0.1) is 6.04 Å². The van der Waals surface area contributed by atoms with Crippen molar-refractivity contribution in [2.75, 3.05) is 7.05 Å². The average Bonchev–Trinajstić information content (AvgIpc) is 2.56. The van der Waals surface area contributed by atoms with E-state index in [-0.39, 0.29) is 6.04 Å². The van der Waals surface area contributed by atoms with Crippen molar-refractivity contribution in [2.24, 2.45) is 5.41 Å². The van der Waals surface area contributed by atoms with Gasteiger partial charge >= 0.3 is 0 Å². The first-order valence-corrected chi connectivity index (χ1v) is 5.05. The van der Waals surface area contributed by atoms with Gasteiger partial charge in [-0.05, 0) is 25.3 Å². The molecule has 14 heavy (non-hydrogen) atoms. The average molecular weight is 196 g/mol. The maximum atomic E-state index is 4.16. The largest absolute Gasteiger partial charge is 0.310 e. The van der Waals surface area contributed by atoms with E-state index >= 15 is 0 Å². The zero-order valence-electron chi connectivity index (χ0n) is 9.46. The molecule has 0 fully saturated rings. The van der Waals surface area contributed by atoms with Crippen LogP contribution in [-0.2, 0) is 0 Å². The Morgan fingerprint density at radius 3 is 2.64 bits per heavy atom. The Morgan fingerprint density at radius 2 is 2.21 bits per heavy atom. The summed E-state index contributed by atoms with van der Waals surface area (Å²) in [5.74, 6) is 0.928. The Kier molecular flexibility index (Phi) is 3.63. The molecule has 0 aliphatic rings. The topological polar surface area (TPSA) is 53.6 Å². The summed E-state index contributed by atoms with van der Waals surface area (Å²) < 4.78 is 0. The Labute approximate surface area is 85.5 Å². The molecule has 2 N–H and O–H groups in total. The summed E-state index contributed by atoms with van der Waals surface area (Å²) in [6.07, 6.45) is 3.80. The van der Waals surface area contributed by atoms with Crippen LogP contribution in [0.2, 0.25) is 0 Å². The summed E-state index contributed by atoms with van der Waals surface area (Å²) in [5.41, 5.74) is 0.370. The van der Waals surface area contributed by atoms with Crippen molar-refractivity contribution >= 4 is 0 Å². The molecule has 0 saturated heterocycles. The molecule has 0 aliphatic carbocycles. The first kappa shape index (κ1) is 11.2. The Balaban J connectivity index is 2.49. The fraction of sp³-hybridized carbons (Fsp3) is 0.800. The third-order valence-electron chi connectivity index (χ3n) is 2.30. The lowest BCUT2D eigenvalue weighted by atomic mass is 9.88. The molecule has 0 amide bonds. The van der Waals surface area contributed by atoms with E-state index in [9.17, 15) is 0 Å². The van der Waals surface area contributed by atoms with Gasteiger partial charge < -0.3 is 5.32 Å². The summed E-state index contributed by atoms with van der Waals surface area (Å²) in [4.78, 5) is 4.16. The molecule has 0 aromatic carbocycles. The summed E-state index contributed by atoms with van der Waals surface area (Å²) in [7, 11) is 1.95. The van der Waals surface area contributed by atoms with E-state index in [4.69, 9.17) is 0 Å². The molecule has 1 atom stereocenters. The van der Waals surface area contributed by atoms with Crippen molar-refractivity contribution in [3.63, 3.8) is 0 Å². The molecule has 4 heteroatoms. The van der Waals surface area contributed by atoms with Crippen LogP contribution in [0.1, 0.15) is 45.5 Å². The maximum Gasteiger partial charge on any atom is 0.141 e. The Hall–Kier alpha value is -0.900. The number of H-pyrrole nitrogens is 1. The van der Waals surface area contributed by atoms with Crippen LogP contribution >= 0.6 is 0 Å². The third-order valence-corrected chi connectivity index (χ3v) is 2.30. The number of hydrogen-bond acceptors (Lipinski definition) is 3. The first-order valence-electron chi connectivity index (χ1n) is 5.05. The second kappa shape index (κ2) is 4.55. The van der Waals surface area contributed by atoms with E-state index in [1.165, 1.54) is 6.42 Å². The van der Waals surface area contributed by atoms with Gasteiger partial charge in [-0.3, -0.25) is 5.10 Å². The van der Waals surface area contributed by atoms with Crippen molar-refractivity contribution in [1.29, 1.82) is 0 Å². The minimum absolute atomic E-state index is 0.289. The maximum absolute atomic E-state index is 4.16. The number of aromatic amines is 1. The normalized spacial score (nSPS) is 14.3. The van der Waals surface area contributed by atoms with Crippen LogP contribution in [0.25, 0.3) is 0 Å². The van der Waals surface area contributed by atoms with E-state index in [1.807, 2.05) is 7.05 Å². The first-order chi connectivity index (χ1) is 6.53. The van der Waals surface area contributed by atoms with E-state index in [0.717, 1.165) is 12.2 Å². The van der Waals surface area contributed by atoms with E-state index in [0.29, 0.717) is 5.41 Å². The fourth-order valence-corrected chi connectivity index (χ4v) is 1.38. The molecule has 0 radical (unpaired) electrons.